The fourth-order valence-corrected chi connectivity index (χ4v) is 1.69. The second-order valence-electron chi connectivity index (χ2n) is 4.28. The Morgan fingerprint density at radius 2 is 2.35 bits per heavy atom. The highest BCUT2D eigenvalue weighted by Crippen LogP contribution is 2.38. The molecule has 2 N–H and O–H groups in total. The first-order valence-corrected chi connectivity index (χ1v) is 6.67. The SMILES string of the molecule is CCCOc1c(OC)cc(/C=N\Nc2nn[nH]n2)cc1[N+](=O)[O-]. The summed E-state index contributed by atoms with van der Waals surface area (Å²) in [4.78, 5) is 10.7. The fraction of sp³-hybridized carbons (Fsp3) is 0.333. The summed E-state index contributed by atoms with van der Waals surface area (Å²) in [5.41, 5.74) is 2.78. The molecule has 0 spiro atoms. The number of hydrogen-bond donors (Lipinski definition) is 2. The van der Waals surface area contributed by atoms with Crippen LogP contribution in [0.3, 0.4) is 0 Å². The minimum atomic E-state index is -0.530. The first kappa shape index (κ1) is 16.1. The minimum absolute atomic E-state index is 0.0997. The summed E-state index contributed by atoms with van der Waals surface area (Å²) >= 11 is 0. The zero-order valence-electron chi connectivity index (χ0n) is 12.5. The molecule has 11 nitrogen and oxygen atoms in total. The van der Waals surface area contributed by atoms with Crippen molar-refractivity contribution in [2.24, 2.45) is 5.10 Å². The van der Waals surface area contributed by atoms with E-state index in [4.69, 9.17) is 9.47 Å². The van der Waals surface area contributed by atoms with Crippen LogP contribution in [-0.2, 0) is 0 Å². The Morgan fingerprint density at radius 3 is 2.96 bits per heavy atom. The molecule has 23 heavy (non-hydrogen) atoms. The number of anilines is 1. The van der Waals surface area contributed by atoms with E-state index < -0.39 is 4.92 Å². The second kappa shape index (κ2) is 7.68. The van der Waals surface area contributed by atoms with Crippen LogP contribution in [0.4, 0.5) is 11.6 Å². The molecule has 2 rings (SSSR count). The van der Waals surface area contributed by atoms with Crippen LogP contribution in [0.25, 0.3) is 0 Å². The van der Waals surface area contributed by atoms with Gasteiger partial charge in [-0.2, -0.15) is 10.3 Å². The number of aromatic amines is 1. The Kier molecular flexibility index (Phi) is 5.39. The van der Waals surface area contributed by atoms with Crippen molar-refractivity contribution in [3.63, 3.8) is 0 Å². The molecule has 11 heteroatoms. The van der Waals surface area contributed by atoms with Crippen LogP contribution in [0, 0.1) is 10.1 Å². The molecule has 0 amide bonds. The number of hydrazone groups is 1. The predicted molar refractivity (Wildman–Crippen MR) is 80.8 cm³/mol. The van der Waals surface area contributed by atoms with Gasteiger partial charge < -0.3 is 9.47 Å². The molecule has 0 radical (unpaired) electrons. The van der Waals surface area contributed by atoms with Gasteiger partial charge >= 0.3 is 5.69 Å². The number of H-pyrrole nitrogens is 1. The Hall–Kier alpha value is -3.24. The molecule has 0 atom stereocenters. The minimum Gasteiger partial charge on any atom is -0.493 e. The lowest BCUT2D eigenvalue weighted by Gasteiger charge is -2.11. The average molecular weight is 321 g/mol. The van der Waals surface area contributed by atoms with E-state index in [0.29, 0.717) is 12.2 Å². The van der Waals surface area contributed by atoms with E-state index in [1.54, 1.807) is 6.07 Å². The molecule has 0 aliphatic rings. The summed E-state index contributed by atoms with van der Waals surface area (Å²) in [6.07, 6.45) is 2.09. The number of benzene rings is 1. The van der Waals surface area contributed by atoms with Gasteiger partial charge in [0.25, 0.3) is 5.95 Å². The van der Waals surface area contributed by atoms with Crippen molar-refractivity contribution in [2.45, 2.75) is 13.3 Å². The fourth-order valence-electron chi connectivity index (χ4n) is 1.69. The van der Waals surface area contributed by atoms with Crippen molar-refractivity contribution < 1.29 is 14.4 Å². The van der Waals surface area contributed by atoms with Crippen molar-refractivity contribution in [1.82, 2.24) is 20.6 Å². The summed E-state index contributed by atoms with van der Waals surface area (Å²) in [6, 6.07) is 2.92. The Morgan fingerprint density at radius 1 is 1.52 bits per heavy atom. The standard InChI is InChI=1S/C12H15N7O4/c1-3-4-23-11-9(19(20)21)5-8(6-10(11)22-2)7-13-14-12-15-17-18-16-12/h5-7H,3-4H2,1-2H3,(H2,14,15,16,17,18)/b13-7-. The number of nitro groups is 1. The molecule has 2 aromatic rings. The van der Waals surface area contributed by atoms with Crippen LogP contribution in [0.15, 0.2) is 17.2 Å². The molecule has 0 bridgehead atoms. The van der Waals surface area contributed by atoms with Gasteiger partial charge in [-0.25, -0.2) is 5.43 Å². The molecule has 0 aliphatic carbocycles. The molecule has 0 aliphatic heterocycles. The smallest absolute Gasteiger partial charge is 0.315 e. The van der Waals surface area contributed by atoms with E-state index in [2.05, 4.69) is 31.2 Å². The van der Waals surface area contributed by atoms with E-state index in [1.165, 1.54) is 19.4 Å². The number of methoxy groups -OCH3 is 1. The number of aromatic nitrogens is 4. The summed E-state index contributed by atoms with van der Waals surface area (Å²) < 4.78 is 10.6. The monoisotopic (exact) mass is 321 g/mol. The number of tetrazole rings is 1. The number of hydrogen-bond acceptors (Lipinski definition) is 9. The third-order valence-electron chi connectivity index (χ3n) is 2.65. The lowest BCUT2D eigenvalue weighted by atomic mass is 10.2. The lowest BCUT2D eigenvalue weighted by molar-refractivity contribution is -0.386. The van der Waals surface area contributed by atoms with E-state index in [1.807, 2.05) is 6.92 Å². The lowest BCUT2D eigenvalue weighted by Crippen LogP contribution is -2.03. The summed E-state index contributed by atoms with van der Waals surface area (Å²) in [6.45, 7) is 2.26. The quantitative estimate of drug-likeness (QED) is 0.421. The predicted octanol–water partition coefficient (Wildman–Crippen LogP) is 1.35. The third-order valence-corrected chi connectivity index (χ3v) is 2.65. The molecule has 0 fully saturated rings. The van der Waals surface area contributed by atoms with Crippen LogP contribution >= 0.6 is 0 Å². The zero-order valence-corrected chi connectivity index (χ0v) is 12.5. The molecular formula is C12H15N7O4. The third kappa shape index (κ3) is 4.12. The number of nitrogens with zero attached hydrogens (tertiary/aromatic N) is 5. The van der Waals surface area contributed by atoms with Crippen LogP contribution in [0.2, 0.25) is 0 Å². The summed E-state index contributed by atoms with van der Waals surface area (Å²) in [5.74, 6) is 0.530. The average Bonchev–Trinajstić information content (AvgIpc) is 3.06. The normalized spacial score (nSPS) is 10.7. The van der Waals surface area contributed by atoms with Crippen LogP contribution < -0.4 is 14.9 Å². The largest absolute Gasteiger partial charge is 0.493 e. The van der Waals surface area contributed by atoms with Crippen LogP contribution in [0.1, 0.15) is 18.9 Å². The molecule has 1 heterocycles. The number of nitrogens with one attached hydrogen (secondary N) is 2. The molecule has 0 saturated carbocycles. The van der Waals surface area contributed by atoms with E-state index in [9.17, 15) is 10.1 Å². The van der Waals surface area contributed by atoms with Gasteiger partial charge in [-0.3, -0.25) is 10.1 Å². The molecule has 1 aromatic heterocycles. The van der Waals surface area contributed by atoms with Crippen molar-refractivity contribution in [1.29, 1.82) is 0 Å². The van der Waals surface area contributed by atoms with E-state index in [0.717, 1.165) is 6.42 Å². The first-order chi connectivity index (χ1) is 11.2. The van der Waals surface area contributed by atoms with E-state index in [-0.39, 0.29) is 23.1 Å². The molecule has 122 valence electrons. The highest BCUT2D eigenvalue weighted by atomic mass is 16.6. The van der Waals surface area contributed by atoms with Crippen molar-refractivity contribution >= 4 is 17.9 Å². The highest BCUT2D eigenvalue weighted by Gasteiger charge is 2.21. The van der Waals surface area contributed by atoms with Crippen LogP contribution in [-0.4, -0.2) is 45.5 Å². The van der Waals surface area contributed by atoms with Gasteiger partial charge in [-0.05, 0) is 17.7 Å². The molecule has 1 aromatic carbocycles. The van der Waals surface area contributed by atoms with Gasteiger partial charge in [0.1, 0.15) is 0 Å². The Bertz CT molecular complexity index is 687. The van der Waals surface area contributed by atoms with Crippen LogP contribution in [0.5, 0.6) is 11.5 Å². The van der Waals surface area contributed by atoms with Gasteiger partial charge in [0.15, 0.2) is 5.75 Å². The Balaban J connectivity index is 2.28. The van der Waals surface area contributed by atoms with Gasteiger partial charge in [-0.1, -0.05) is 12.0 Å². The second-order valence-corrected chi connectivity index (χ2v) is 4.28. The van der Waals surface area contributed by atoms with Gasteiger partial charge in [0.05, 0.1) is 24.9 Å². The number of nitro benzene ring substituents is 1. The maximum atomic E-state index is 11.2. The highest BCUT2D eigenvalue weighted by molar-refractivity contribution is 5.83. The molecular weight excluding hydrogens is 306 g/mol. The van der Waals surface area contributed by atoms with E-state index >= 15 is 0 Å². The maximum Gasteiger partial charge on any atom is 0.315 e. The van der Waals surface area contributed by atoms with Gasteiger partial charge in [-0.15, -0.1) is 5.10 Å². The van der Waals surface area contributed by atoms with Crippen molar-refractivity contribution in [2.75, 3.05) is 19.1 Å². The van der Waals surface area contributed by atoms with Crippen molar-refractivity contribution in [3.05, 3.63) is 27.8 Å². The number of ether oxygens (including phenoxy) is 2. The van der Waals surface area contributed by atoms with Crippen molar-refractivity contribution in [3.8, 4) is 11.5 Å². The summed E-state index contributed by atoms with van der Waals surface area (Å²) in [5, 5.41) is 28.0. The topological polar surface area (TPSA) is 140 Å². The van der Waals surface area contributed by atoms with Gasteiger partial charge in [0, 0.05) is 11.6 Å². The molecule has 0 saturated heterocycles. The number of rotatable bonds is 8. The maximum absolute atomic E-state index is 11.2. The first-order valence-electron chi connectivity index (χ1n) is 6.67. The summed E-state index contributed by atoms with van der Waals surface area (Å²) in [7, 11) is 1.41. The Labute approximate surface area is 130 Å². The zero-order chi connectivity index (χ0) is 16.7. The van der Waals surface area contributed by atoms with Gasteiger partial charge in [0.2, 0.25) is 5.75 Å². The molecule has 0 unspecified atom stereocenters.